The average Bonchev–Trinajstić information content (AvgIpc) is 1.79. The minimum Gasteiger partial charge on any atom is -0.377 e. The lowest BCUT2D eigenvalue weighted by molar-refractivity contribution is -0.0628. The summed E-state index contributed by atoms with van der Waals surface area (Å²) in [6.07, 6.45) is 6.39. The number of hydrogen-bond donors (Lipinski definition) is 1. The van der Waals surface area contributed by atoms with E-state index in [0.29, 0.717) is 6.10 Å². The maximum absolute atomic E-state index is 5.48. The van der Waals surface area contributed by atoms with Gasteiger partial charge in [0.05, 0.1) is 6.10 Å². The quantitative estimate of drug-likeness (QED) is 0.708. The molecule has 0 aromatic heterocycles. The topological polar surface area (TPSA) is 12.5 Å². The Hall–Kier alpha value is 0.270. The highest BCUT2D eigenvalue weighted by molar-refractivity contribution is 8.13. The van der Waals surface area contributed by atoms with Crippen molar-refractivity contribution in [2.75, 3.05) is 25.7 Å². The lowest BCUT2D eigenvalue weighted by Gasteiger charge is -2.44. The molecule has 3 heteroatoms. The van der Waals surface area contributed by atoms with Crippen molar-refractivity contribution in [3.05, 3.63) is 0 Å². The van der Waals surface area contributed by atoms with Crippen LogP contribution in [0.15, 0.2) is 0 Å². The van der Waals surface area contributed by atoms with Gasteiger partial charge in [-0.1, -0.05) is 0 Å². The summed E-state index contributed by atoms with van der Waals surface area (Å²) < 4.78 is 8.05. The van der Waals surface area contributed by atoms with Gasteiger partial charge in [0.2, 0.25) is 0 Å². The summed E-state index contributed by atoms with van der Waals surface area (Å²) in [7, 11) is 0. The molecule has 0 radical (unpaired) electrons. The van der Waals surface area contributed by atoms with Gasteiger partial charge < -0.3 is 4.74 Å². The number of hydrogen-bond acceptors (Lipinski definition) is 2. The van der Waals surface area contributed by atoms with Crippen LogP contribution in [0.3, 0.4) is 0 Å². The molecule has 13 heavy (non-hydrogen) atoms. The molecule has 1 aliphatic rings. The van der Waals surface area contributed by atoms with Crippen molar-refractivity contribution in [2.45, 2.75) is 38.8 Å². The minimum absolute atomic E-state index is 0.00296. The third-order valence-corrected chi connectivity index (χ3v) is 4.16. The van der Waals surface area contributed by atoms with Crippen LogP contribution in [0.4, 0.5) is 0 Å². The van der Waals surface area contributed by atoms with Crippen LogP contribution in [-0.2, 0) is 4.74 Å². The van der Waals surface area contributed by atoms with E-state index < -0.39 is 0 Å². The van der Waals surface area contributed by atoms with Crippen LogP contribution in [0, 0.1) is 0 Å². The first kappa shape index (κ1) is 11.3. The molecule has 0 aromatic rings. The Labute approximate surface area is 85.1 Å². The van der Waals surface area contributed by atoms with Crippen molar-refractivity contribution >= 4 is 11.1 Å². The fraction of sp³-hybridized carbons (Fsp3) is 1.00. The molecule has 0 aromatic carbocycles. The van der Waals surface area contributed by atoms with E-state index in [1.807, 2.05) is 0 Å². The lowest BCUT2D eigenvalue weighted by atomic mass is 10.1. The van der Waals surface area contributed by atoms with Gasteiger partial charge in [0, 0.05) is 18.7 Å². The third kappa shape index (κ3) is 3.15. The molecule has 1 fully saturated rings. The van der Waals surface area contributed by atoms with Crippen LogP contribution in [0.2, 0.25) is 0 Å². The molecule has 1 saturated heterocycles. The molecule has 1 aliphatic heterocycles. The molecule has 0 saturated carbocycles. The number of rotatable bonds is 3. The van der Waals surface area contributed by atoms with Gasteiger partial charge in [-0.05, 0) is 39.7 Å². The van der Waals surface area contributed by atoms with Crippen LogP contribution < -0.4 is 0 Å². The molecule has 2 nitrogen and oxygen atoms in total. The molecule has 1 atom stereocenters. The second-order valence-electron chi connectivity index (χ2n) is 4.88. The van der Waals surface area contributed by atoms with E-state index in [4.69, 9.17) is 4.74 Å². The monoisotopic (exact) mass is 205 g/mol. The van der Waals surface area contributed by atoms with Crippen LogP contribution in [-0.4, -0.2) is 41.6 Å². The maximum atomic E-state index is 5.48. The van der Waals surface area contributed by atoms with Crippen molar-refractivity contribution < 1.29 is 4.74 Å². The van der Waals surface area contributed by atoms with Crippen LogP contribution in [0.5, 0.6) is 0 Å². The Kier molecular flexibility index (Phi) is 3.66. The van der Waals surface area contributed by atoms with Gasteiger partial charge >= 0.3 is 0 Å². The summed E-state index contributed by atoms with van der Waals surface area (Å²) >= 11 is -0.00296. The molecule has 0 unspecified atom stereocenters. The van der Waals surface area contributed by atoms with E-state index in [9.17, 15) is 0 Å². The molecule has 0 bridgehead atoms. The largest absolute Gasteiger partial charge is 0.377 e. The molecule has 0 spiro atoms. The first-order valence-corrected chi connectivity index (χ1v) is 7.16. The first-order valence-electron chi connectivity index (χ1n) is 4.98. The number of thiol groups is 1. The smallest absolute Gasteiger partial charge is 0.0732 e. The number of ether oxygens (including phenoxy) is 1. The minimum atomic E-state index is -0.00296. The highest BCUT2D eigenvalue weighted by Crippen LogP contribution is 2.32. The summed E-state index contributed by atoms with van der Waals surface area (Å²) in [5.74, 6) is 0. The summed E-state index contributed by atoms with van der Waals surface area (Å²) in [4.78, 5) is 0. The molecule has 0 amide bonds. The van der Waals surface area contributed by atoms with E-state index >= 15 is 0 Å². The Bertz CT molecular complexity index is 161. The van der Waals surface area contributed by atoms with Crippen molar-refractivity contribution in [3.63, 3.8) is 0 Å². The van der Waals surface area contributed by atoms with Gasteiger partial charge in [0.25, 0.3) is 0 Å². The fourth-order valence-electron chi connectivity index (χ4n) is 1.66. The van der Waals surface area contributed by atoms with Gasteiger partial charge in [-0.3, -0.25) is 4.31 Å². The van der Waals surface area contributed by atoms with E-state index in [1.54, 1.807) is 0 Å². The average molecular weight is 205 g/mol. The van der Waals surface area contributed by atoms with E-state index in [-0.39, 0.29) is 16.6 Å². The third-order valence-electron chi connectivity index (χ3n) is 2.43. The molecule has 1 heterocycles. The Morgan fingerprint density at radius 1 is 1.38 bits per heavy atom. The molecule has 80 valence electrons. The van der Waals surface area contributed by atoms with Gasteiger partial charge in [-0.2, -0.15) is 0 Å². The van der Waals surface area contributed by atoms with Crippen LogP contribution >= 0.6 is 11.1 Å². The summed E-state index contributed by atoms with van der Waals surface area (Å²) in [6.45, 7) is 8.94. The summed E-state index contributed by atoms with van der Waals surface area (Å²) in [6, 6.07) is 0. The van der Waals surface area contributed by atoms with E-state index in [2.05, 4.69) is 37.6 Å². The Morgan fingerprint density at radius 3 is 2.15 bits per heavy atom. The van der Waals surface area contributed by atoms with Crippen molar-refractivity contribution in [1.29, 1.82) is 0 Å². The molecular formula is C10H23NOS. The molecule has 0 aliphatic carbocycles. The lowest BCUT2D eigenvalue weighted by Crippen LogP contribution is -2.46. The normalized spacial score (nSPS) is 24.5. The highest BCUT2D eigenvalue weighted by atomic mass is 32.2. The van der Waals surface area contributed by atoms with Crippen molar-refractivity contribution in [3.8, 4) is 0 Å². The van der Waals surface area contributed by atoms with Crippen LogP contribution in [0.25, 0.3) is 0 Å². The van der Waals surface area contributed by atoms with E-state index in [0.717, 1.165) is 13.2 Å². The van der Waals surface area contributed by atoms with Crippen LogP contribution in [0.1, 0.15) is 27.2 Å². The predicted molar refractivity (Wildman–Crippen MR) is 61.7 cm³/mol. The molecule has 1 rings (SSSR count). The second kappa shape index (κ2) is 4.20. The summed E-state index contributed by atoms with van der Waals surface area (Å²) in [5.41, 5.74) is 0.286. The van der Waals surface area contributed by atoms with Crippen molar-refractivity contribution in [1.82, 2.24) is 4.31 Å². The van der Waals surface area contributed by atoms with Gasteiger partial charge in [0.15, 0.2) is 0 Å². The maximum Gasteiger partial charge on any atom is 0.0732 e. The SMILES string of the molecule is C[SH](C)N(C[C@@H]1CCO1)C(C)(C)C. The first-order chi connectivity index (χ1) is 5.91. The predicted octanol–water partition coefficient (Wildman–Crippen LogP) is 2.05. The number of nitrogens with zero attached hydrogens (tertiary/aromatic N) is 1. The zero-order valence-electron chi connectivity index (χ0n) is 9.50. The Balaban J connectivity index is 2.46. The fourth-order valence-corrected chi connectivity index (χ4v) is 3.37. The zero-order chi connectivity index (χ0) is 10.1. The van der Waals surface area contributed by atoms with Crippen molar-refractivity contribution in [2.24, 2.45) is 0 Å². The molecule has 0 N–H and O–H groups in total. The van der Waals surface area contributed by atoms with Gasteiger partial charge in [-0.25, -0.2) is 11.1 Å². The highest BCUT2D eigenvalue weighted by Gasteiger charge is 2.28. The zero-order valence-corrected chi connectivity index (χ0v) is 10.4. The second-order valence-corrected chi connectivity index (χ2v) is 7.06. The standard InChI is InChI=1S/C10H23NOS/c1-10(2,3)11(13(4)5)8-9-6-7-12-9/h9,13H,6-8H2,1-5H3/t9-/m0/s1. The van der Waals surface area contributed by atoms with Gasteiger partial charge in [-0.15, -0.1) is 0 Å². The Morgan fingerprint density at radius 2 is 1.92 bits per heavy atom. The molecular weight excluding hydrogens is 182 g/mol. The summed E-state index contributed by atoms with van der Waals surface area (Å²) in [5, 5.41) is 0. The van der Waals surface area contributed by atoms with E-state index in [1.165, 1.54) is 6.42 Å². The van der Waals surface area contributed by atoms with Gasteiger partial charge in [0.1, 0.15) is 0 Å².